The van der Waals surface area contributed by atoms with E-state index in [-0.39, 0.29) is 31.1 Å². The van der Waals surface area contributed by atoms with Gasteiger partial charge in [-0.25, -0.2) is 34.7 Å². The lowest BCUT2D eigenvalue weighted by Gasteiger charge is -2.27. The molecule has 1 N–H and O–H groups in total. The Balaban J connectivity index is 0.000000139. The number of benzene rings is 12. The van der Waals surface area contributed by atoms with Crippen LogP contribution in [0.25, 0.3) is 63.4 Å². The summed E-state index contributed by atoms with van der Waals surface area (Å²) in [5.41, 5.74) is 19.5. The van der Waals surface area contributed by atoms with Gasteiger partial charge in [-0.3, -0.25) is 14.4 Å². The summed E-state index contributed by atoms with van der Waals surface area (Å²) in [5, 5.41) is 21.3. The lowest BCUT2D eigenvalue weighted by Crippen LogP contribution is -2.40. The first-order chi connectivity index (χ1) is 71.2. The number of thiazole rings is 6. The van der Waals surface area contributed by atoms with Gasteiger partial charge in [-0.15, -0.1) is 68.0 Å². The maximum atomic E-state index is 12.6. The van der Waals surface area contributed by atoms with Crippen LogP contribution < -0.4 is 39.6 Å². The van der Waals surface area contributed by atoms with E-state index in [1.54, 1.807) is 87.1 Å². The summed E-state index contributed by atoms with van der Waals surface area (Å²) >= 11 is 9.86. The van der Waals surface area contributed by atoms with Crippen LogP contribution in [0.1, 0.15) is 101 Å². The van der Waals surface area contributed by atoms with E-state index in [9.17, 15) is 19.2 Å². The molecule has 8 heterocycles. The van der Waals surface area contributed by atoms with Crippen molar-refractivity contribution in [2.24, 2.45) is 0 Å². The zero-order chi connectivity index (χ0) is 102. The van der Waals surface area contributed by atoms with Crippen LogP contribution >= 0.6 is 68.0 Å². The molecule has 147 heavy (non-hydrogen) atoms. The highest BCUT2D eigenvalue weighted by Crippen LogP contribution is 2.39. The van der Waals surface area contributed by atoms with E-state index >= 15 is 0 Å². The number of nitrogens with one attached hydrogen (secondary N) is 1. The van der Waals surface area contributed by atoms with Gasteiger partial charge in [0, 0.05) is 210 Å². The van der Waals surface area contributed by atoms with Gasteiger partial charge in [0.2, 0.25) is 0 Å². The van der Waals surface area contributed by atoms with Gasteiger partial charge in [0.15, 0.2) is 0 Å². The van der Waals surface area contributed by atoms with Crippen molar-refractivity contribution in [1.82, 2.24) is 45.0 Å². The van der Waals surface area contributed by atoms with Gasteiger partial charge in [0.1, 0.15) is 65.0 Å². The van der Waals surface area contributed by atoms with Crippen LogP contribution in [-0.4, -0.2) is 171 Å². The second kappa shape index (κ2) is 53.6. The second-order valence-corrected chi connectivity index (χ2v) is 39.5. The Morgan fingerprint density at radius 2 is 0.544 bits per heavy atom. The summed E-state index contributed by atoms with van der Waals surface area (Å²) in [5.74, 6) is 5.39. The molecule has 0 bridgehead atoms. The van der Waals surface area contributed by atoms with Crippen LogP contribution in [0, 0.1) is 13.8 Å². The van der Waals surface area contributed by atoms with Crippen molar-refractivity contribution in [1.29, 1.82) is 0 Å². The fourth-order valence-corrected chi connectivity index (χ4v) is 20.9. The predicted molar refractivity (Wildman–Crippen MR) is 618 cm³/mol. The average Bonchev–Trinajstić information content (AvgIpc) is 0.878. The Hall–Kier alpha value is -15.1. The van der Waals surface area contributed by atoms with Gasteiger partial charge >= 0.3 is 5.97 Å². The Labute approximate surface area is 887 Å². The monoisotopic (exact) mass is 2060 g/mol. The first kappa shape index (κ1) is 108. The van der Waals surface area contributed by atoms with E-state index in [2.05, 4.69) is 217 Å². The molecule has 752 valence electrons. The van der Waals surface area contributed by atoms with Crippen molar-refractivity contribution < 1.29 is 28.7 Å². The highest BCUT2D eigenvalue weighted by Gasteiger charge is 2.24. The minimum atomic E-state index is -0.299. The molecule has 6 aromatic heterocycles. The summed E-state index contributed by atoms with van der Waals surface area (Å²) in [4.78, 5) is 95.5. The molecule has 0 saturated carbocycles. The van der Waals surface area contributed by atoms with Gasteiger partial charge in [-0.2, -0.15) is 0 Å². The van der Waals surface area contributed by atoms with E-state index in [0.717, 1.165) is 166 Å². The zero-order valence-corrected chi connectivity index (χ0v) is 89.1. The topological polar surface area (TPSA) is 205 Å². The maximum Gasteiger partial charge on any atom is 0.338 e. The lowest BCUT2D eigenvalue weighted by molar-refractivity contribution is 0.0303. The molecule has 22 nitrogen and oxygen atoms in total. The second-order valence-electron chi connectivity index (χ2n) is 34.3. The van der Waals surface area contributed by atoms with Crippen LogP contribution in [0.4, 0.5) is 74.7 Å². The summed E-state index contributed by atoms with van der Waals surface area (Å²) in [6.07, 6.45) is 2.22. The molecular formula is C119H124N16O6S6. The van der Waals surface area contributed by atoms with Gasteiger partial charge in [-0.05, 0) is 188 Å². The molecule has 0 radical (unpaired) electrons. The van der Waals surface area contributed by atoms with Crippen LogP contribution in [0.2, 0.25) is 0 Å². The van der Waals surface area contributed by atoms with E-state index in [1.165, 1.54) is 27.9 Å². The number of hydrogen-bond acceptors (Lipinski definition) is 25. The molecule has 12 aromatic carbocycles. The number of amides is 3. The quantitative estimate of drug-likeness (QED) is 0.0475. The van der Waals surface area contributed by atoms with Gasteiger partial charge in [-0.1, -0.05) is 207 Å². The zero-order valence-electron chi connectivity index (χ0n) is 84.2. The molecule has 0 spiro atoms. The normalized spacial score (nSPS) is 11.7. The molecule has 18 aromatic rings. The molecule has 0 unspecified atom stereocenters. The number of aryl methyl sites for hydroxylation is 2. The van der Waals surface area contributed by atoms with E-state index in [4.69, 9.17) is 39.4 Å². The van der Waals surface area contributed by atoms with Crippen molar-refractivity contribution in [3.63, 3.8) is 0 Å². The van der Waals surface area contributed by atoms with Crippen molar-refractivity contribution in [3.8, 4) is 63.4 Å². The molecule has 0 atom stereocenters. The maximum absolute atomic E-state index is 12.6. The molecule has 2 aliphatic heterocycles. The number of morpholine rings is 1. The summed E-state index contributed by atoms with van der Waals surface area (Å²) < 4.78 is 10.3. The SMILES string of the molecule is C.CCN(CC)c1ccc(N(C)c2csc(-c3ccccc3)n2)cc1.CCNC(=O)c1ccc(N(C)c2csc(-c3ccccc3)n2)cc1.CCOC(=O)c1ccc(N(C)c2csc(-c3ccc(C)cc3)n2)cc1.CN(c1ccc(C(=O)N2CCCC2)cc1)c1csc(-c2ccccc2)n1.CN(c1ccc(C(=O)N2CCOCC2)cc1)c1csc(-c2ccccc2)n1.Cc1ccc(N(C)c2csc(-c3ccccc3)n2)cc1. The third-order valence-corrected chi connectivity index (χ3v) is 29.8. The first-order valence-corrected chi connectivity index (χ1v) is 53.9. The molecule has 2 aliphatic rings. The molecule has 28 heteroatoms. The standard InChI is InChI=1S/C21H21N3O2S.C21H21N3OS.C20H23N3S.C20H20N2O2S.C19H19N3OS.C17H16N2S.CH4/c1-23(19-15-27-20(22-19)16-5-3-2-4-6-16)18-9-7-17(8-10-18)21(25)24-11-13-26-14-12-24;1-23(19-15-26-20(22-19)16-7-3-2-4-8-16)18-11-9-17(10-12-18)21(25)24-13-5-6-14-24;1-4-23(5-2)18-13-11-17(12-14-18)22(3)19-15-24-20(21-19)16-9-7-6-8-10-16;1-4-24-20(23)16-9-11-17(12-10-16)22(3)18-13-25-19(21-18)15-7-5-14(2)6-8-15;1-3-20-18(23)14-9-11-16(12-10-14)22(2)17-13-24-19(21-17)15-7-5-4-6-8-15;1-13-8-10-15(11-9-13)19(2)16-12-20-17(18-16)14-6-4-3-5-7-14;/h2-10,15H,11-14H2,1H3;2-4,7-12,15H,5-6,13-14H2,1H3;6-15H,4-5H2,1-3H3;5-13H,4H2,1-3H3;4-13H,3H2,1-2H3,(H,20,23);3-12H,1-2H3;1H4. The van der Waals surface area contributed by atoms with Gasteiger partial charge in [0.05, 0.1) is 25.4 Å². The van der Waals surface area contributed by atoms with Gasteiger partial charge < -0.3 is 58.9 Å². The molecular weight excluding hydrogens is 1940 g/mol. The predicted octanol–water partition coefficient (Wildman–Crippen LogP) is 29.2. The number of hydrogen-bond donors (Lipinski definition) is 1. The molecule has 3 amide bonds. The van der Waals surface area contributed by atoms with Crippen LogP contribution in [0.3, 0.4) is 0 Å². The van der Waals surface area contributed by atoms with E-state index in [1.807, 2.05) is 251 Å². The highest BCUT2D eigenvalue weighted by atomic mass is 32.1. The largest absolute Gasteiger partial charge is 0.462 e. The average molecular weight is 2070 g/mol. The number of rotatable bonds is 27. The van der Waals surface area contributed by atoms with Crippen molar-refractivity contribution in [2.75, 3.05) is 142 Å². The van der Waals surface area contributed by atoms with E-state index < -0.39 is 0 Å². The molecule has 2 saturated heterocycles. The minimum absolute atomic E-state index is 0. The van der Waals surface area contributed by atoms with Crippen LogP contribution in [0.15, 0.2) is 354 Å². The number of aromatic nitrogens is 6. The van der Waals surface area contributed by atoms with Crippen molar-refractivity contribution in [3.05, 3.63) is 387 Å². The van der Waals surface area contributed by atoms with Crippen molar-refractivity contribution in [2.45, 2.75) is 61.8 Å². The Morgan fingerprint density at radius 3 is 0.816 bits per heavy atom. The Kier molecular flexibility index (Phi) is 39.3. The van der Waals surface area contributed by atoms with Crippen LogP contribution in [0.5, 0.6) is 0 Å². The lowest BCUT2D eigenvalue weighted by atomic mass is 10.1. The molecule has 2 fully saturated rings. The highest BCUT2D eigenvalue weighted by molar-refractivity contribution is 7.15. The van der Waals surface area contributed by atoms with Gasteiger partial charge in [0.25, 0.3) is 17.7 Å². The molecule has 0 aliphatic carbocycles. The summed E-state index contributed by atoms with van der Waals surface area (Å²) in [7, 11) is 12.0. The smallest absolute Gasteiger partial charge is 0.338 e. The number of nitrogens with zero attached hydrogens (tertiary/aromatic N) is 15. The minimum Gasteiger partial charge on any atom is -0.462 e. The van der Waals surface area contributed by atoms with Crippen molar-refractivity contribution >= 4 is 166 Å². The number of carbonyl (C=O) groups is 4. The Morgan fingerprint density at radius 1 is 0.306 bits per heavy atom. The number of anilines is 13. The number of carbonyl (C=O) groups excluding carboxylic acids is 4. The Bertz CT molecular complexity index is 7110. The number of likely N-dealkylation sites (tertiary alicyclic amines) is 1. The number of ether oxygens (including phenoxy) is 2. The third kappa shape index (κ3) is 29.0. The third-order valence-electron chi connectivity index (χ3n) is 24.5. The van der Waals surface area contributed by atoms with E-state index in [0.29, 0.717) is 56.1 Å². The molecule has 20 rings (SSSR count). The summed E-state index contributed by atoms with van der Waals surface area (Å²) in [6, 6.07) is 107. The first-order valence-electron chi connectivity index (χ1n) is 48.6. The fraction of sp³-hybridized carbons (Fsp3) is 0.210. The fourth-order valence-electron chi connectivity index (χ4n) is 15.8. The summed E-state index contributed by atoms with van der Waals surface area (Å²) in [6.45, 7) is 19.6. The number of esters is 1. The van der Waals surface area contributed by atoms with Crippen LogP contribution in [-0.2, 0) is 9.47 Å².